The van der Waals surface area contributed by atoms with Gasteiger partial charge in [0.05, 0.1) is 0 Å². The molecule has 2 amide bonds. The summed E-state index contributed by atoms with van der Waals surface area (Å²) in [6.45, 7) is 5.39. The lowest BCUT2D eigenvalue weighted by atomic mass is 10.0. The molecule has 5 heteroatoms. The molecular weight excluding hydrogens is 312 g/mol. The van der Waals surface area contributed by atoms with Gasteiger partial charge in [0.2, 0.25) is 11.8 Å². The third-order valence-electron chi connectivity index (χ3n) is 4.24. The Balaban J connectivity index is 1.76. The lowest BCUT2D eigenvalue weighted by Crippen LogP contribution is -2.44. The fourth-order valence-corrected chi connectivity index (χ4v) is 2.59. The van der Waals surface area contributed by atoms with Crippen LogP contribution in [0.3, 0.4) is 0 Å². The number of hydrogen-bond acceptors (Lipinski definition) is 2. The van der Waals surface area contributed by atoms with Gasteiger partial charge in [-0.1, -0.05) is 37.6 Å². The molecule has 0 unspecified atom stereocenters. The summed E-state index contributed by atoms with van der Waals surface area (Å²) in [7, 11) is 0. The highest BCUT2D eigenvalue weighted by Gasteiger charge is 2.56. The highest BCUT2D eigenvalue weighted by atomic mass is 35.5. The van der Waals surface area contributed by atoms with Crippen LogP contribution in [-0.2, 0) is 16.0 Å². The first-order valence-electron chi connectivity index (χ1n) is 8.25. The van der Waals surface area contributed by atoms with E-state index in [0.29, 0.717) is 36.9 Å². The molecule has 126 valence electrons. The summed E-state index contributed by atoms with van der Waals surface area (Å²) < 4.78 is 0. The van der Waals surface area contributed by atoms with E-state index in [0.717, 1.165) is 18.4 Å². The molecule has 0 bridgehead atoms. The maximum absolute atomic E-state index is 12.3. The quantitative estimate of drug-likeness (QED) is 0.717. The number of amides is 2. The normalized spacial score (nSPS) is 15.3. The Morgan fingerprint density at radius 2 is 1.65 bits per heavy atom. The molecule has 1 aliphatic carbocycles. The Morgan fingerprint density at radius 3 is 2.17 bits per heavy atom. The van der Waals surface area contributed by atoms with Gasteiger partial charge in [-0.25, -0.2) is 0 Å². The van der Waals surface area contributed by atoms with E-state index in [1.807, 2.05) is 24.3 Å². The highest BCUT2D eigenvalue weighted by Crippen LogP contribution is 2.46. The van der Waals surface area contributed by atoms with Crippen LogP contribution < -0.4 is 10.6 Å². The maximum Gasteiger partial charge on any atom is 0.235 e. The first-order chi connectivity index (χ1) is 10.9. The van der Waals surface area contributed by atoms with Gasteiger partial charge in [-0.2, -0.15) is 0 Å². The molecule has 23 heavy (non-hydrogen) atoms. The minimum Gasteiger partial charge on any atom is -0.355 e. The van der Waals surface area contributed by atoms with Crippen molar-refractivity contribution in [2.24, 2.45) is 11.3 Å². The molecule has 2 rings (SSSR count). The van der Waals surface area contributed by atoms with Crippen LogP contribution in [0.2, 0.25) is 5.02 Å². The number of carbonyl (C=O) groups is 2. The smallest absolute Gasteiger partial charge is 0.235 e. The fourth-order valence-electron chi connectivity index (χ4n) is 2.47. The zero-order valence-corrected chi connectivity index (χ0v) is 14.6. The van der Waals surface area contributed by atoms with Crippen molar-refractivity contribution >= 4 is 23.4 Å². The third-order valence-corrected chi connectivity index (χ3v) is 4.49. The number of halogens is 1. The number of benzene rings is 1. The fraction of sp³-hybridized carbons (Fsp3) is 0.556. The Bertz CT molecular complexity index is 551. The largest absolute Gasteiger partial charge is 0.355 e. The van der Waals surface area contributed by atoms with E-state index >= 15 is 0 Å². The summed E-state index contributed by atoms with van der Waals surface area (Å²) >= 11 is 5.85. The molecule has 0 saturated heterocycles. The average Bonchev–Trinajstić information content (AvgIpc) is 3.30. The van der Waals surface area contributed by atoms with Crippen molar-refractivity contribution in [1.82, 2.24) is 10.6 Å². The average molecular weight is 337 g/mol. The van der Waals surface area contributed by atoms with Crippen molar-refractivity contribution in [2.75, 3.05) is 13.1 Å². The lowest BCUT2D eigenvalue weighted by Gasteiger charge is -2.16. The predicted octanol–water partition coefficient (Wildman–Crippen LogP) is 2.94. The minimum absolute atomic E-state index is 0.123. The Morgan fingerprint density at radius 1 is 1.09 bits per heavy atom. The molecule has 1 fully saturated rings. The van der Waals surface area contributed by atoms with E-state index in [4.69, 9.17) is 11.6 Å². The van der Waals surface area contributed by atoms with Crippen molar-refractivity contribution < 1.29 is 9.59 Å². The molecule has 0 spiro atoms. The summed E-state index contributed by atoms with van der Waals surface area (Å²) in [6, 6.07) is 7.56. The van der Waals surface area contributed by atoms with Gasteiger partial charge in [0.15, 0.2) is 0 Å². The molecule has 4 nitrogen and oxygen atoms in total. The van der Waals surface area contributed by atoms with Gasteiger partial charge in [0.1, 0.15) is 5.41 Å². The summed E-state index contributed by atoms with van der Waals surface area (Å²) in [5.74, 6) is 0.273. The second kappa shape index (κ2) is 7.82. The Hall–Kier alpha value is -1.55. The van der Waals surface area contributed by atoms with Gasteiger partial charge in [0.25, 0.3) is 0 Å². The van der Waals surface area contributed by atoms with E-state index < -0.39 is 5.41 Å². The molecule has 1 aromatic carbocycles. The first-order valence-corrected chi connectivity index (χ1v) is 8.63. The number of carbonyl (C=O) groups excluding carboxylic acids is 2. The van der Waals surface area contributed by atoms with Crippen molar-refractivity contribution in [3.63, 3.8) is 0 Å². The van der Waals surface area contributed by atoms with Gasteiger partial charge >= 0.3 is 0 Å². The number of nitrogens with one attached hydrogen (secondary N) is 2. The zero-order valence-electron chi connectivity index (χ0n) is 13.8. The summed E-state index contributed by atoms with van der Waals surface area (Å²) in [4.78, 5) is 24.6. The van der Waals surface area contributed by atoms with Gasteiger partial charge in [-0.15, -0.1) is 0 Å². The molecule has 0 heterocycles. The lowest BCUT2D eigenvalue weighted by molar-refractivity contribution is -0.137. The molecule has 1 aromatic rings. The number of rotatable bonds is 8. The van der Waals surface area contributed by atoms with Crippen LogP contribution in [0.5, 0.6) is 0 Å². The number of hydrogen-bond donors (Lipinski definition) is 2. The van der Waals surface area contributed by atoms with Crippen molar-refractivity contribution in [3.05, 3.63) is 34.9 Å². The molecular formula is C18H25ClN2O2. The van der Waals surface area contributed by atoms with E-state index in [1.54, 1.807) is 0 Å². The van der Waals surface area contributed by atoms with Crippen molar-refractivity contribution in [1.29, 1.82) is 0 Å². The van der Waals surface area contributed by atoms with Gasteiger partial charge in [-0.05, 0) is 49.3 Å². The van der Waals surface area contributed by atoms with Crippen LogP contribution in [0, 0.1) is 11.3 Å². The van der Waals surface area contributed by atoms with E-state index in [1.165, 1.54) is 0 Å². The molecule has 0 aromatic heterocycles. The standard InChI is InChI=1S/C18H25ClN2O2/c1-13(2)7-11-20-16(22)18(9-10-18)17(23)21-12-8-14-3-5-15(19)6-4-14/h3-6,13H,7-12H2,1-2H3,(H,20,22)(H,21,23). The van der Waals surface area contributed by atoms with Crippen molar-refractivity contribution in [2.45, 2.75) is 39.5 Å². The maximum atomic E-state index is 12.3. The highest BCUT2D eigenvalue weighted by molar-refractivity contribution is 6.30. The molecule has 2 N–H and O–H groups in total. The molecule has 0 atom stereocenters. The second-order valence-electron chi connectivity index (χ2n) is 6.65. The van der Waals surface area contributed by atoms with Crippen LogP contribution in [0.1, 0.15) is 38.7 Å². The minimum atomic E-state index is -0.822. The van der Waals surface area contributed by atoms with Crippen molar-refractivity contribution in [3.8, 4) is 0 Å². The zero-order chi connectivity index (χ0) is 16.9. The van der Waals surface area contributed by atoms with Crippen LogP contribution in [0.25, 0.3) is 0 Å². The molecule has 0 radical (unpaired) electrons. The summed E-state index contributed by atoms with van der Waals surface area (Å²) in [6.07, 6.45) is 2.95. The van der Waals surface area contributed by atoms with Crippen LogP contribution >= 0.6 is 11.6 Å². The molecule has 1 aliphatic rings. The third kappa shape index (κ3) is 4.96. The van der Waals surface area contributed by atoms with Crippen LogP contribution in [0.15, 0.2) is 24.3 Å². The topological polar surface area (TPSA) is 58.2 Å². The van der Waals surface area contributed by atoms with E-state index in [-0.39, 0.29) is 11.8 Å². The van der Waals surface area contributed by atoms with E-state index in [2.05, 4.69) is 24.5 Å². The van der Waals surface area contributed by atoms with Gasteiger partial charge in [-0.3, -0.25) is 9.59 Å². The SMILES string of the molecule is CC(C)CCNC(=O)C1(C(=O)NCCc2ccc(Cl)cc2)CC1. The van der Waals surface area contributed by atoms with E-state index in [9.17, 15) is 9.59 Å². The Kier molecular flexibility index (Phi) is 6.05. The van der Waals surface area contributed by atoms with Gasteiger partial charge < -0.3 is 10.6 Å². The Labute approximate surface area is 143 Å². The van der Waals surface area contributed by atoms with Crippen LogP contribution in [0.4, 0.5) is 0 Å². The molecule has 0 aliphatic heterocycles. The van der Waals surface area contributed by atoms with Crippen LogP contribution in [-0.4, -0.2) is 24.9 Å². The monoisotopic (exact) mass is 336 g/mol. The predicted molar refractivity (Wildman–Crippen MR) is 92.3 cm³/mol. The summed E-state index contributed by atoms with van der Waals surface area (Å²) in [5.41, 5.74) is 0.290. The molecule has 1 saturated carbocycles. The first kappa shape index (κ1) is 17.8. The second-order valence-corrected chi connectivity index (χ2v) is 7.09. The van der Waals surface area contributed by atoms with Gasteiger partial charge in [0, 0.05) is 18.1 Å². The summed E-state index contributed by atoms with van der Waals surface area (Å²) in [5, 5.41) is 6.50.